The lowest BCUT2D eigenvalue weighted by Crippen LogP contribution is -2.42. The monoisotopic (exact) mass is 375 g/mol. The molecule has 0 aromatic carbocycles. The molecule has 2 aromatic heterocycles. The molecular weight excluding hydrogens is 357 g/mol. The number of amides is 1. The molecular formula is C17H18FN5O2S. The summed E-state index contributed by atoms with van der Waals surface area (Å²) < 4.78 is 19.5. The average Bonchev–Trinajstić information content (AvgIpc) is 3.40. The molecule has 0 aliphatic carbocycles. The van der Waals surface area contributed by atoms with E-state index in [4.69, 9.17) is 4.74 Å². The Labute approximate surface area is 153 Å². The van der Waals surface area contributed by atoms with Gasteiger partial charge >= 0.3 is 0 Å². The second-order valence-electron chi connectivity index (χ2n) is 7.20. The Morgan fingerprint density at radius 3 is 3.04 bits per heavy atom. The zero-order chi connectivity index (χ0) is 17.7. The van der Waals surface area contributed by atoms with Crippen molar-refractivity contribution in [3.05, 3.63) is 34.8 Å². The zero-order valence-corrected chi connectivity index (χ0v) is 14.8. The Bertz CT molecular complexity index is 817. The molecule has 0 saturated carbocycles. The predicted octanol–water partition coefficient (Wildman–Crippen LogP) is 1.49. The lowest BCUT2D eigenvalue weighted by atomic mass is 9.73. The van der Waals surface area contributed by atoms with Gasteiger partial charge in [0.1, 0.15) is 5.69 Å². The summed E-state index contributed by atoms with van der Waals surface area (Å²) in [6.07, 6.45) is 4.59. The third-order valence-corrected chi connectivity index (χ3v) is 6.42. The van der Waals surface area contributed by atoms with E-state index in [0.29, 0.717) is 24.1 Å². The van der Waals surface area contributed by atoms with E-state index >= 15 is 0 Å². The maximum Gasteiger partial charge on any atom is 0.270 e. The van der Waals surface area contributed by atoms with E-state index in [2.05, 4.69) is 25.2 Å². The fraction of sp³-hybridized carbons (Fsp3) is 0.529. The molecule has 9 heteroatoms. The van der Waals surface area contributed by atoms with Crippen LogP contribution in [0.1, 0.15) is 23.3 Å². The molecule has 3 aliphatic heterocycles. The highest BCUT2D eigenvalue weighted by molar-refractivity contribution is 7.07. The number of fused-ring (bicyclic) bond motifs is 1. The summed E-state index contributed by atoms with van der Waals surface area (Å²) in [5.74, 6) is 0.529. The summed E-state index contributed by atoms with van der Waals surface area (Å²) in [6.45, 7) is 2.06. The van der Waals surface area contributed by atoms with Gasteiger partial charge < -0.3 is 15.0 Å². The van der Waals surface area contributed by atoms with Gasteiger partial charge in [-0.15, -0.1) is 11.3 Å². The largest absolute Gasteiger partial charge is 0.369 e. The van der Waals surface area contributed by atoms with Gasteiger partial charge in [0.05, 0.1) is 36.2 Å². The lowest BCUT2D eigenvalue weighted by molar-refractivity contribution is 0.0141. The second-order valence-corrected chi connectivity index (χ2v) is 7.91. The van der Waals surface area contributed by atoms with Gasteiger partial charge in [-0.05, 0) is 12.8 Å². The van der Waals surface area contributed by atoms with Crippen LogP contribution in [0.15, 0.2) is 23.3 Å². The van der Waals surface area contributed by atoms with Crippen molar-refractivity contribution in [3.63, 3.8) is 0 Å². The van der Waals surface area contributed by atoms with Crippen LogP contribution in [0.5, 0.6) is 0 Å². The normalized spacial score (nSPS) is 32.0. The number of anilines is 1. The third-order valence-electron chi connectivity index (χ3n) is 5.84. The van der Waals surface area contributed by atoms with E-state index in [0.717, 1.165) is 25.9 Å². The first-order chi connectivity index (χ1) is 12.6. The molecule has 3 saturated heterocycles. The van der Waals surface area contributed by atoms with Gasteiger partial charge in [0.15, 0.2) is 5.82 Å². The van der Waals surface area contributed by atoms with Crippen LogP contribution in [0.2, 0.25) is 0 Å². The summed E-state index contributed by atoms with van der Waals surface area (Å²) in [5, 5.41) is 4.76. The number of carbonyl (C=O) groups excluding carboxylic acids is 1. The molecule has 4 atom stereocenters. The summed E-state index contributed by atoms with van der Waals surface area (Å²) in [4.78, 5) is 26.5. The van der Waals surface area contributed by atoms with Crippen LogP contribution < -0.4 is 10.2 Å². The van der Waals surface area contributed by atoms with E-state index in [1.807, 2.05) is 0 Å². The number of hydrogen-bond donors (Lipinski definition) is 1. The van der Waals surface area contributed by atoms with Crippen molar-refractivity contribution >= 4 is 23.2 Å². The minimum absolute atomic E-state index is 0.139. The van der Waals surface area contributed by atoms with Crippen molar-refractivity contribution in [2.45, 2.75) is 24.5 Å². The highest BCUT2D eigenvalue weighted by Gasteiger charge is 2.63. The number of nitrogens with zero attached hydrogens (tertiary/aromatic N) is 4. The van der Waals surface area contributed by atoms with Crippen molar-refractivity contribution in [2.24, 2.45) is 11.8 Å². The van der Waals surface area contributed by atoms with Gasteiger partial charge in [-0.2, -0.15) is 0 Å². The second kappa shape index (κ2) is 5.95. The number of nitrogens with one attached hydrogen (secondary N) is 1. The standard InChI is InChI=1S/C17H18FN5O2S/c18-10-3-20-16(21-4-10)23-6-12-11(14-1-2-17(12,8-23)25-14)5-19-15(24)13-7-26-9-22-13/h3-4,7,9,11-12,14H,1-2,5-6,8H2,(H,19,24)/t11-,12+,14+,17+/m0/s1. The lowest BCUT2D eigenvalue weighted by Gasteiger charge is -2.29. The third kappa shape index (κ3) is 2.49. The van der Waals surface area contributed by atoms with E-state index in [-0.39, 0.29) is 23.5 Å². The first-order valence-electron chi connectivity index (χ1n) is 8.71. The quantitative estimate of drug-likeness (QED) is 0.872. The average molecular weight is 375 g/mol. The Kier molecular flexibility index (Phi) is 3.68. The number of halogens is 1. The molecule has 0 radical (unpaired) electrons. The van der Waals surface area contributed by atoms with Crippen LogP contribution >= 0.6 is 11.3 Å². The predicted molar refractivity (Wildman–Crippen MR) is 92.5 cm³/mol. The molecule has 5 rings (SSSR count). The summed E-state index contributed by atoms with van der Waals surface area (Å²) in [5.41, 5.74) is 1.92. The summed E-state index contributed by atoms with van der Waals surface area (Å²) >= 11 is 1.41. The highest BCUT2D eigenvalue weighted by atomic mass is 32.1. The van der Waals surface area contributed by atoms with E-state index in [1.165, 1.54) is 23.7 Å². The van der Waals surface area contributed by atoms with Crippen LogP contribution in [0.3, 0.4) is 0 Å². The molecule has 26 heavy (non-hydrogen) atoms. The molecule has 3 aliphatic rings. The maximum absolute atomic E-state index is 13.1. The number of hydrogen-bond acceptors (Lipinski definition) is 7. The first-order valence-corrected chi connectivity index (χ1v) is 9.66. The van der Waals surface area contributed by atoms with E-state index in [1.54, 1.807) is 10.9 Å². The summed E-state index contributed by atoms with van der Waals surface area (Å²) in [6, 6.07) is 0. The van der Waals surface area contributed by atoms with Gasteiger partial charge in [0.2, 0.25) is 5.95 Å². The van der Waals surface area contributed by atoms with Crippen LogP contribution in [-0.4, -0.2) is 52.2 Å². The molecule has 136 valence electrons. The van der Waals surface area contributed by atoms with Gasteiger partial charge in [-0.1, -0.05) is 0 Å². The van der Waals surface area contributed by atoms with Crippen LogP contribution in [0.25, 0.3) is 0 Å². The minimum atomic E-state index is -0.439. The van der Waals surface area contributed by atoms with Crippen molar-refractivity contribution in [3.8, 4) is 0 Å². The molecule has 3 fully saturated rings. The van der Waals surface area contributed by atoms with Crippen molar-refractivity contribution < 1.29 is 13.9 Å². The van der Waals surface area contributed by atoms with Gasteiger partial charge in [0.25, 0.3) is 5.91 Å². The number of rotatable bonds is 4. The fourth-order valence-electron chi connectivity index (χ4n) is 4.71. The molecule has 2 bridgehead atoms. The topological polar surface area (TPSA) is 80.2 Å². The molecule has 5 heterocycles. The van der Waals surface area contributed by atoms with Gasteiger partial charge in [-0.25, -0.2) is 19.3 Å². The molecule has 2 aromatic rings. The molecule has 0 unspecified atom stereocenters. The van der Waals surface area contributed by atoms with Crippen molar-refractivity contribution in [2.75, 3.05) is 24.5 Å². The number of thiazole rings is 1. The fourth-order valence-corrected chi connectivity index (χ4v) is 5.24. The van der Waals surface area contributed by atoms with Crippen molar-refractivity contribution in [1.29, 1.82) is 0 Å². The Balaban J connectivity index is 1.30. The SMILES string of the molecule is O=C(NC[C@H]1[C@H]2CN(c3ncc(F)cn3)C[C@]23CC[C@H]1O3)c1cscn1. The maximum atomic E-state index is 13.1. The molecule has 7 nitrogen and oxygen atoms in total. The Hall–Kier alpha value is -2.13. The van der Waals surface area contributed by atoms with E-state index < -0.39 is 5.82 Å². The first kappa shape index (κ1) is 16.1. The minimum Gasteiger partial charge on any atom is -0.369 e. The number of ether oxygens (including phenoxy) is 1. The van der Waals surface area contributed by atoms with Gasteiger partial charge in [0, 0.05) is 30.3 Å². The Morgan fingerprint density at radius 1 is 1.42 bits per heavy atom. The molecule has 1 N–H and O–H groups in total. The molecule has 1 spiro atoms. The van der Waals surface area contributed by atoms with Crippen molar-refractivity contribution in [1.82, 2.24) is 20.3 Å². The smallest absolute Gasteiger partial charge is 0.270 e. The number of carbonyl (C=O) groups is 1. The zero-order valence-electron chi connectivity index (χ0n) is 14.0. The van der Waals surface area contributed by atoms with Crippen LogP contribution in [0.4, 0.5) is 10.3 Å². The highest BCUT2D eigenvalue weighted by Crippen LogP contribution is 2.54. The molecule has 1 amide bonds. The van der Waals surface area contributed by atoms with E-state index in [9.17, 15) is 9.18 Å². The number of aromatic nitrogens is 3. The summed E-state index contributed by atoms with van der Waals surface area (Å²) in [7, 11) is 0. The Morgan fingerprint density at radius 2 is 2.27 bits per heavy atom. The van der Waals surface area contributed by atoms with Gasteiger partial charge in [-0.3, -0.25) is 4.79 Å². The van der Waals surface area contributed by atoms with Crippen LogP contribution in [-0.2, 0) is 4.74 Å². The van der Waals surface area contributed by atoms with Crippen LogP contribution in [0, 0.1) is 17.7 Å².